The van der Waals surface area contributed by atoms with Crippen molar-refractivity contribution in [1.82, 2.24) is 4.90 Å². The number of ether oxygens (including phenoxy) is 1. The van der Waals surface area contributed by atoms with E-state index in [4.69, 9.17) is 4.74 Å². The van der Waals surface area contributed by atoms with E-state index >= 15 is 0 Å². The van der Waals surface area contributed by atoms with Crippen molar-refractivity contribution in [3.05, 3.63) is 0 Å². The van der Waals surface area contributed by atoms with Crippen LogP contribution in [0.2, 0.25) is 0 Å². The van der Waals surface area contributed by atoms with Gasteiger partial charge in [0.15, 0.2) is 0 Å². The first-order chi connectivity index (χ1) is 9.82. The van der Waals surface area contributed by atoms with E-state index in [1.165, 1.54) is 0 Å². The Labute approximate surface area is 126 Å². The second kappa shape index (κ2) is 6.34. The molecule has 2 rings (SSSR count). The van der Waals surface area contributed by atoms with Gasteiger partial charge in [0, 0.05) is 19.5 Å². The van der Waals surface area contributed by atoms with Crippen molar-refractivity contribution in [3.8, 4) is 0 Å². The molecule has 5 nitrogen and oxygen atoms in total. The second-order valence-electron chi connectivity index (χ2n) is 7.23. The quantitative estimate of drug-likeness (QED) is 0.865. The van der Waals surface area contributed by atoms with Crippen LogP contribution in [-0.4, -0.2) is 47.2 Å². The van der Waals surface area contributed by atoms with Crippen molar-refractivity contribution in [2.45, 2.75) is 64.4 Å². The lowest BCUT2D eigenvalue weighted by Gasteiger charge is -2.41. The summed E-state index contributed by atoms with van der Waals surface area (Å²) in [4.78, 5) is 25.7. The van der Waals surface area contributed by atoms with E-state index in [1.54, 1.807) is 0 Å². The van der Waals surface area contributed by atoms with E-state index in [9.17, 15) is 14.7 Å². The molecule has 0 atom stereocenters. The topological polar surface area (TPSA) is 66.8 Å². The standard InChI is InChI=1S/C16H27NO4/c1-15(2)12-17(8-9-21-15)13(18)10-16(11-14(19)20)6-4-3-5-7-16/h3-12H2,1-2H3,(H,19,20). The number of rotatable bonds is 4. The molecule has 0 radical (unpaired) electrons. The summed E-state index contributed by atoms with van der Waals surface area (Å²) >= 11 is 0. The summed E-state index contributed by atoms with van der Waals surface area (Å²) in [5.41, 5.74) is -0.635. The fourth-order valence-corrected chi connectivity index (χ4v) is 3.70. The molecular formula is C16H27NO4. The average Bonchev–Trinajstić information content (AvgIpc) is 2.37. The van der Waals surface area contributed by atoms with Gasteiger partial charge in [-0.3, -0.25) is 9.59 Å². The molecule has 0 bridgehead atoms. The molecule has 1 amide bonds. The normalized spacial score (nSPS) is 24.6. The molecule has 0 unspecified atom stereocenters. The van der Waals surface area contributed by atoms with Crippen LogP contribution in [-0.2, 0) is 14.3 Å². The minimum absolute atomic E-state index is 0.0922. The molecule has 0 aromatic heterocycles. The first-order valence-corrected chi connectivity index (χ1v) is 7.96. The van der Waals surface area contributed by atoms with Gasteiger partial charge in [-0.15, -0.1) is 0 Å². The Bertz CT molecular complexity index is 399. The van der Waals surface area contributed by atoms with Crippen LogP contribution >= 0.6 is 0 Å². The van der Waals surface area contributed by atoms with Crippen LogP contribution in [0.4, 0.5) is 0 Å². The number of carbonyl (C=O) groups excluding carboxylic acids is 1. The molecule has 21 heavy (non-hydrogen) atoms. The van der Waals surface area contributed by atoms with Gasteiger partial charge in [0.05, 0.1) is 18.6 Å². The SMILES string of the molecule is CC1(C)CN(C(=O)CC2(CC(=O)O)CCCCC2)CCO1. The van der Waals surface area contributed by atoms with Crippen LogP contribution in [0.15, 0.2) is 0 Å². The van der Waals surface area contributed by atoms with Crippen LogP contribution in [0.1, 0.15) is 58.8 Å². The number of carbonyl (C=O) groups is 2. The Morgan fingerprint density at radius 1 is 1.14 bits per heavy atom. The predicted octanol–water partition coefficient (Wildman–Crippen LogP) is 2.44. The maximum Gasteiger partial charge on any atom is 0.303 e. The molecule has 2 aliphatic rings. The van der Waals surface area contributed by atoms with Crippen LogP contribution in [0.5, 0.6) is 0 Å². The van der Waals surface area contributed by atoms with Crippen molar-refractivity contribution >= 4 is 11.9 Å². The highest BCUT2D eigenvalue weighted by molar-refractivity contribution is 5.78. The van der Waals surface area contributed by atoms with Gasteiger partial charge in [-0.2, -0.15) is 0 Å². The van der Waals surface area contributed by atoms with Gasteiger partial charge in [0.1, 0.15) is 0 Å². The van der Waals surface area contributed by atoms with Crippen LogP contribution in [0.3, 0.4) is 0 Å². The summed E-state index contributed by atoms with van der Waals surface area (Å²) in [6, 6.07) is 0. The number of morpholine rings is 1. The zero-order valence-corrected chi connectivity index (χ0v) is 13.2. The molecule has 1 aliphatic carbocycles. The molecule has 1 aliphatic heterocycles. The molecule has 0 aromatic rings. The Morgan fingerprint density at radius 2 is 1.81 bits per heavy atom. The highest BCUT2D eigenvalue weighted by atomic mass is 16.5. The zero-order chi connectivity index (χ0) is 15.5. The molecule has 1 saturated heterocycles. The number of nitrogens with zero attached hydrogens (tertiary/aromatic N) is 1. The summed E-state index contributed by atoms with van der Waals surface area (Å²) in [6.07, 6.45) is 5.43. The fraction of sp³-hybridized carbons (Fsp3) is 0.875. The lowest BCUT2D eigenvalue weighted by atomic mass is 9.69. The summed E-state index contributed by atoms with van der Waals surface area (Å²) in [6.45, 7) is 5.74. The van der Waals surface area contributed by atoms with Gasteiger partial charge in [0.25, 0.3) is 0 Å². The van der Waals surface area contributed by atoms with Crippen LogP contribution in [0.25, 0.3) is 0 Å². The molecule has 1 heterocycles. The van der Waals surface area contributed by atoms with Crippen molar-refractivity contribution < 1.29 is 19.4 Å². The average molecular weight is 297 g/mol. The predicted molar refractivity (Wildman–Crippen MR) is 79.0 cm³/mol. The molecule has 120 valence electrons. The summed E-state index contributed by atoms with van der Waals surface area (Å²) in [5.74, 6) is -0.693. The monoisotopic (exact) mass is 297 g/mol. The van der Waals surface area contributed by atoms with Gasteiger partial charge in [-0.25, -0.2) is 0 Å². The van der Waals surface area contributed by atoms with E-state index in [0.29, 0.717) is 26.1 Å². The van der Waals surface area contributed by atoms with E-state index in [2.05, 4.69) is 0 Å². The molecular weight excluding hydrogens is 270 g/mol. The Morgan fingerprint density at radius 3 is 2.38 bits per heavy atom. The van der Waals surface area contributed by atoms with Gasteiger partial charge in [-0.05, 0) is 32.1 Å². The fourth-order valence-electron chi connectivity index (χ4n) is 3.70. The number of hydrogen-bond donors (Lipinski definition) is 1. The molecule has 2 fully saturated rings. The third-order valence-electron chi connectivity index (χ3n) is 4.75. The maximum absolute atomic E-state index is 12.6. The molecule has 1 saturated carbocycles. The van der Waals surface area contributed by atoms with Crippen LogP contribution in [0, 0.1) is 5.41 Å². The molecule has 0 aromatic carbocycles. The first-order valence-electron chi connectivity index (χ1n) is 7.96. The molecule has 1 N–H and O–H groups in total. The van der Waals surface area contributed by atoms with E-state index < -0.39 is 5.97 Å². The number of aliphatic carboxylic acids is 1. The van der Waals surface area contributed by atoms with E-state index in [0.717, 1.165) is 32.1 Å². The minimum atomic E-state index is -0.785. The van der Waals surface area contributed by atoms with Gasteiger partial charge in [0.2, 0.25) is 5.91 Å². The Hall–Kier alpha value is -1.10. The van der Waals surface area contributed by atoms with Gasteiger partial charge < -0.3 is 14.7 Å². The zero-order valence-electron chi connectivity index (χ0n) is 13.2. The first kappa shape index (κ1) is 16.3. The third-order valence-corrected chi connectivity index (χ3v) is 4.75. The molecule has 5 heteroatoms. The summed E-state index contributed by atoms with van der Waals surface area (Å²) < 4.78 is 5.64. The smallest absolute Gasteiger partial charge is 0.303 e. The lowest BCUT2D eigenvalue weighted by molar-refractivity contribution is -0.150. The third kappa shape index (κ3) is 4.43. The van der Waals surface area contributed by atoms with Crippen molar-refractivity contribution in [2.24, 2.45) is 5.41 Å². The number of hydrogen-bond acceptors (Lipinski definition) is 3. The van der Waals surface area contributed by atoms with E-state index in [-0.39, 0.29) is 23.3 Å². The Balaban J connectivity index is 2.02. The van der Waals surface area contributed by atoms with Crippen molar-refractivity contribution in [1.29, 1.82) is 0 Å². The van der Waals surface area contributed by atoms with Gasteiger partial charge in [-0.1, -0.05) is 19.3 Å². The largest absolute Gasteiger partial charge is 0.481 e. The highest BCUT2D eigenvalue weighted by Gasteiger charge is 2.39. The summed E-state index contributed by atoms with van der Waals surface area (Å²) in [5, 5.41) is 9.19. The summed E-state index contributed by atoms with van der Waals surface area (Å²) in [7, 11) is 0. The lowest BCUT2D eigenvalue weighted by Crippen LogP contribution is -2.51. The van der Waals surface area contributed by atoms with E-state index in [1.807, 2.05) is 18.7 Å². The highest BCUT2D eigenvalue weighted by Crippen LogP contribution is 2.42. The van der Waals surface area contributed by atoms with Crippen molar-refractivity contribution in [2.75, 3.05) is 19.7 Å². The Kier molecular flexibility index (Phi) is 4.91. The second-order valence-corrected chi connectivity index (χ2v) is 7.23. The number of carboxylic acids is 1. The number of amides is 1. The van der Waals surface area contributed by atoms with Crippen LogP contribution < -0.4 is 0 Å². The maximum atomic E-state index is 12.6. The van der Waals surface area contributed by atoms with Crippen molar-refractivity contribution in [3.63, 3.8) is 0 Å². The molecule has 0 spiro atoms. The minimum Gasteiger partial charge on any atom is -0.481 e. The van der Waals surface area contributed by atoms with Gasteiger partial charge >= 0.3 is 5.97 Å². The number of carboxylic acid groups (broad SMARTS) is 1.